The second kappa shape index (κ2) is 13.0. The Bertz CT molecular complexity index is 721. The van der Waals surface area contributed by atoms with E-state index in [1.165, 1.54) is 5.56 Å². The quantitative estimate of drug-likeness (QED) is 0.505. The number of hydrogen-bond donors (Lipinski definition) is 1. The molecule has 0 saturated carbocycles. The molecule has 0 aliphatic heterocycles. The van der Waals surface area contributed by atoms with Crippen LogP contribution in [0.1, 0.15) is 38.3 Å². The minimum atomic E-state index is -0.0651. The van der Waals surface area contributed by atoms with E-state index < -0.39 is 0 Å². The number of anilines is 1. The predicted molar refractivity (Wildman–Crippen MR) is 118 cm³/mol. The molecule has 29 heavy (non-hydrogen) atoms. The Morgan fingerprint density at radius 3 is 2.38 bits per heavy atom. The van der Waals surface area contributed by atoms with Crippen LogP contribution >= 0.6 is 0 Å². The average molecular weight is 399 g/mol. The fourth-order valence-corrected chi connectivity index (χ4v) is 3.32. The molecule has 1 atom stereocenters. The van der Waals surface area contributed by atoms with Gasteiger partial charge in [0.25, 0.3) is 0 Å². The molecule has 0 spiro atoms. The smallest absolute Gasteiger partial charge is 0.322 e. The SMILES string of the molecule is CCOCCOCc1cccc(NC(=O)N(CC)C(CC)Cc2ccccc2)c1. The van der Waals surface area contributed by atoms with E-state index in [4.69, 9.17) is 9.47 Å². The molecule has 2 aromatic rings. The summed E-state index contributed by atoms with van der Waals surface area (Å²) in [6.45, 7) is 9.14. The van der Waals surface area contributed by atoms with Crippen LogP contribution in [0.4, 0.5) is 10.5 Å². The van der Waals surface area contributed by atoms with E-state index in [2.05, 4.69) is 24.4 Å². The maximum Gasteiger partial charge on any atom is 0.322 e. The number of urea groups is 1. The Morgan fingerprint density at radius 2 is 1.69 bits per heavy atom. The number of nitrogens with one attached hydrogen (secondary N) is 1. The van der Waals surface area contributed by atoms with Crippen molar-refractivity contribution in [3.05, 3.63) is 65.7 Å². The van der Waals surface area contributed by atoms with Crippen LogP contribution in [0.2, 0.25) is 0 Å². The second-order valence-electron chi connectivity index (χ2n) is 6.92. The van der Waals surface area contributed by atoms with Gasteiger partial charge >= 0.3 is 6.03 Å². The van der Waals surface area contributed by atoms with Crippen molar-refractivity contribution in [1.82, 2.24) is 4.90 Å². The molecule has 0 saturated heterocycles. The largest absolute Gasteiger partial charge is 0.379 e. The maximum atomic E-state index is 12.9. The number of carbonyl (C=O) groups is 1. The van der Waals surface area contributed by atoms with Crippen molar-refractivity contribution in [2.24, 2.45) is 0 Å². The molecule has 0 radical (unpaired) electrons. The number of amides is 2. The molecular formula is C24H34N2O3. The number of benzene rings is 2. The molecule has 5 nitrogen and oxygen atoms in total. The molecule has 0 aliphatic carbocycles. The molecular weight excluding hydrogens is 364 g/mol. The Hall–Kier alpha value is -2.37. The molecule has 1 N–H and O–H groups in total. The molecule has 158 valence electrons. The molecule has 1 unspecified atom stereocenters. The third kappa shape index (κ3) is 7.87. The molecule has 0 heterocycles. The summed E-state index contributed by atoms with van der Waals surface area (Å²) in [5.41, 5.74) is 3.06. The lowest BCUT2D eigenvalue weighted by Gasteiger charge is -2.30. The highest BCUT2D eigenvalue weighted by molar-refractivity contribution is 5.89. The van der Waals surface area contributed by atoms with Crippen molar-refractivity contribution in [1.29, 1.82) is 0 Å². The Balaban J connectivity index is 1.94. The highest BCUT2D eigenvalue weighted by Gasteiger charge is 2.21. The molecule has 2 amide bonds. The van der Waals surface area contributed by atoms with Crippen molar-refractivity contribution in [2.45, 2.75) is 46.3 Å². The molecule has 0 aliphatic rings. The van der Waals surface area contributed by atoms with E-state index in [1.54, 1.807) is 0 Å². The number of likely N-dealkylation sites (N-methyl/N-ethyl adjacent to an activating group) is 1. The van der Waals surface area contributed by atoms with Gasteiger partial charge < -0.3 is 19.7 Å². The van der Waals surface area contributed by atoms with Crippen molar-refractivity contribution in [2.75, 3.05) is 31.7 Å². The lowest BCUT2D eigenvalue weighted by molar-refractivity contribution is 0.0453. The topological polar surface area (TPSA) is 50.8 Å². The van der Waals surface area contributed by atoms with Crippen molar-refractivity contribution < 1.29 is 14.3 Å². The van der Waals surface area contributed by atoms with Crippen LogP contribution in [0.25, 0.3) is 0 Å². The molecule has 0 bridgehead atoms. The van der Waals surface area contributed by atoms with Crippen LogP contribution in [0, 0.1) is 0 Å². The Kier molecular flexibility index (Phi) is 10.2. The average Bonchev–Trinajstić information content (AvgIpc) is 2.74. The Morgan fingerprint density at radius 1 is 0.966 bits per heavy atom. The first-order valence-corrected chi connectivity index (χ1v) is 10.5. The monoisotopic (exact) mass is 398 g/mol. The number of hydrogen-bond acceptors (Lipinski definition) is 3. The van der Waals surface area contributed by atoms with Crippen LogP contribution in [0.3, 0.4) is 0 Å². The number of nitrogens with zero attached hydrogens (tertiary/aromatic N) is 1. The minimum Gasteiger partial charge on any atom is -0.379 e. The van der Waals surface area contributed by atoms with Gasteiger partial charge in [-0.1, -0.05) is 49.4 Å². The lowest BCUT2D eigenvalue weighted by Crippen LogP contribution is -2.43. The van der Waals surface area contributed by atoms with Crippen molar-refractivity contribution >= 4 is 11.7 Å². The van der Waals surface area contributed by atoms with E-state index in [9.17, 15) is 4.79 Å². The third-order valence-electron chi connectivity index (χ3n) is 4.85. The summed E-state index contributed by atoms with van der Waals surface area (Å²) in [6.07, 6.45) is 1.76. The van der Waals surface area contributed by atoms with E-state index in [1.807, 2.05) is 61.2 Å². The van der Waals surface area contributed by atoms with Crippen LogP contribution in [-0.2, 0) is 22.5 Å². The van der Waals surface area contributed by atoms with Gasteiger partial charge in [-0.25, -0.2) is 4.79 Å². The van der Waals surface area contributed by atoms with E-state index in [-0.39, 0.29) is 12.1 Å². The molecule has 5 heteroatoms. The highest BCUT2D eigenvalue weighted by atomic mass is 16.5. The normalized spacial score (nSPS) is 11.8. The number of rotatable bonds is 12. The lowest BCUT2D eigenvalue weighted by atomic mass is 10.0. The van der Waals surface area contributed by atoms with Crippen LogP contribution in [0.5, 0.6) is 0 Å². The third-order valence-corrected chi connectivity index (χ3v) is 4.85. The van der Waals surface area contributed by atoms with Gasteiger partial charge in [0.2, 0.25) is 0 Å². The summed E-state index contributed by atoms with van der Waals surface area (Å²) in [7, 11) is 0. The van der Waals surface area contributed by atoms with E-state index >= 15 is 0 Å². The molecule has 2 rings (SSSR count). The first kappa shape index (κ1) is 22.9. The number of carbonyl (C=O) groups excluding carboxylic acids is 1. The molecule has 2 aromatic carbocycles. The summed E-state index contributed by atoms with van der Waals surface area (Å²) in [4.78, 5) is 14.9. The van der Waals surface area contributed by atoms with Crippen molar-refractivity contribution in [3.63, 3.8) is 0 Å². The van der Waals surface area contributed by atoms with Crippen molar-refractivity contribution in [3.8, 4) is 0 Å². The maximum absolute atomic E-state index is 12.9. The predicted octanol–water partition coefficient (Wildman–Crippen LogP) is 5.11. The van der Waals surface area contributed by atoms with Crippen LogP contribution in [-0.4, -0.2) is 43.3 Å². The van der Waals surface area contributed by atoms with Crippen LogP contribution < -0.4 is 5.32 Å². The fourth-order valence-electron chi connectivity index (χ4n) is 3.32. The van der Waals surface area contributed by atoms with Gasteiger partial charge in [0.15, 0.2) is 0 Å². The van der Waals surface area contributed by atoms with Gasteiger partial charge in [-0.3, -0.25) is 0 Å². The number of ether oxygens (including phenoxy) is 2. The molecule has 0 aromatic heterocycles. The van der Waals surface area contributed by atoms with Gasteiger partial charge in [0.1, 0.15) is 0 Å². The summed E-state index contributed by atoms with van der Waals surface area (Å²) < 4.78 is 10.9. The van der Waals surface area contributed by atoms with Gasteiger partial charge in [-0.15, -0.1) is 0 Å². The highest BCUT2D eigenvalue weighted by Crippen LogP contribution is 2.16. The fraction of sp³-hybridized carbons (Fsp3) is 0.458. The summed E-state index contributed by atoms with van der Waals surface area (Å²) in [5, 5.41) is 3.05. The van der Waals surface area contributed by atoms with Crippen LogP contribution in [0.15, 0.2) is 54.6 Å². The Labute approximate surface area is 175 Å². The first-order chi connectivity index (χ1) is 14.2. The van der Waals surface area contributed by atoms with E-state index in [0.717, 1.165) is 24.1 Å². The van der Waals surface area contributed by atoms with E-state index in [0.29, 0.717) is 33.0 Å². The molecule has 0 fully saturated rings. The summed E-state index contributed by atoms with van der Waals surface area (Å²) in [6, 6.07) is 18.2. The zero-order valence-corrected chi connectivity index (χ0v) is 17.9. The van der Waals surface area contributed by atoms with Gasteiger partial charge in [0, 0.05) is 24.9 Å². The second-order valence-corrected chi connectivity index (χ2v) is 6.92. The standard InChI is InChI=1S/C24H34N2O3/c1-4-23(18-20-11-8-7-9-12-20)26(5-2)24(27)25-22-14-10-13-21(17-22)19-29-16-15-28-6-3/h7-14,17,23H,4-6,15-16,18-19H2,1-3H3,(H,25,27). The van der Waals surface area contributed by atoms with Gasteiger partial charge in [0.05, 0.1) is 19.8 Å². The first-order valence-electron chi connectivity index (χ1n) is 10.5. The zero-order valence-electron chi connectivity index (χ0n) is 17.9. The van der Waals surface area contributed by atoms with Gasteiger partial charge in [-0.05, 0) is 49.9 Å². The summed E-state index contributed by atoms with van der Waals surface area (Å²) in [5.74, 6) is 0. The zero-order chi connectivity index (χ0) is 20.9. The minimum absolute atomic E-state index is 0.0651. The van der Waals surface area contributed by atoms with Gasteiger partial charge in [-0.2, -0.15) is 0 Å². The summed E-state index contributed by atoms with van der Waals surface area (Å²) >= 11 is 0.